The van der Waals surface area contributed by atoms with Gasteiger partial charge >= 0.3 is 6.09 Å². The highest BCUT2D eigenvalue weighted by Crippen LogP contribution is 2.25. The Morgan fingerprint density at radius 2 is 1.91 bits per heavy atom. The predicted octanol–water partition coefficient (Wildman–Crippen LogP) is 3.35. The maximum atomic E-state index is 13.0. The van der Waals surface area contributed by atoms with Gasteiger partial charge in [0.15, 0.2) is 0 Å². The van der Waals surface area contributed by atoms with Gasteiger partial charge in [-0.3, -0.25) is 9.69 Å². The van der Waals surface area contributed by atoms with Crippen LogP contribution in [0, 0.1) is 0 Å². The van der Waals surface area contributed by atoms with Gasteiger partial charge in [-0.15, -0.1) is 0 Å². The van der Waals surface area contributed by atoms with Gasteiger partial charge in [-0.05, 0) is 45.6 Å². The standard InChI is InChI=1S/C18H26N2O3/c1-18(2,3)20(17(22)23)15-11-7-8-12-19(16(15)21)13-14-9-5-4-6-10-14/h4-6,9-10,15H,7-8,11-13H2,1-3H3,(H,22,23)/t15-/m0/s1. The van der Waals surface area contributed by atoms with Crippen molar-refractivity contribution in [2.75, 3.05) is 6.54 Å². The van der Waals surface area contributed by atoms with Gasteiger partial charge in [-0.1, -0.05) is 30.3 Å². The molecular weight excluding hydrogens is 292 g/mol. The summed E-state index contributed by atoms with van der Waals surface area (Å²) in [5, 5.41) is 9.60. The van der Waals surface area contributed by atoms with Crippen molar-refractivity contribution < 1.29 is 14.7 Å². The maximum absolute atomic E-state index is 13.0. The lowest BCUT2D eigenvalue weighted by atomic mass is 10.00. The van der Waals surface area contributed by atoms with Crippen molar-refractivity contribution in [2.45, 2.75) is 58.2 Å². The van der Waals surface area contributed by atoms with E-state index in [1.807, 2.05) is 51.1 Å². The molecular formula is C18H26N2O3. The van der Waals surface area contributed by atoms with E-state index in [9.17, 15) is 14.7 Å². The van der Waals surface area contributed by atoms with Gasteiger partial charge in [0, 0.05) is 18.6 Å². The van der Waals surface area contributed by atoms with E-state index >= 15 is 0 Å². The van der Waals surface area contributed by atoms with Crippen LogP contribution in [0.25, 0.3) is 0 Å². The van der Waals surface area contributed by atoms with Crippen LogP contribution in [0.1, 0.15) is 45.6 Å². The Balaban J connectivity index is 2.23. The number of hydrogen-bond donors (Lipinski definition) is 1. The molecule has 1 atom stereocenters. The van der Waals surface area contributed by atoms with E-state index in [0.717, 1.165) is 18.4 Å². The second-order valence-corrected chi connectivity index (χ2v) is 7.08. The minimum absolute atomic E-state index is 0.0799. The monoisotopic (exact) mass is 318 g/mol. The lowest BCUT2D eigenvalue weighted by Gasteiger charge is -2.39. The van der Waals surface area contributed by atoms with Gasteiger partial charge in [0.25, 0.3) is 0 Å². The average Bonchev–Trinajstić information content (AvgIpc) is 2.63. The maximum Gasteiger partial charge on any atom is 0.408 e. The normalized spacial score (nSPS) is 19.3. The summed E-state index contributed by atoms with van der Waals surface area (Å²) >= 11 is 0. The second kappa shape index (κ2) is 7.02. The van der Waals surface area contributed by atoms with Crippen molar-refractivity contribution in [1.82, 2.24) is 9.80 Å². The first kappa shape index (κ1) is 17.3. The summed E-state index contributed by atoms with van der Waals surface area (Å²) in [6, 6.07) is 9.24. The summed E-state index contributed by atoms with van der Waals surface area (Å²) in [5.74, 6) is -0.0799. The van der Waals surface area contributed by atoms with Crippen LogP contribution in [-0.4, -0.2) is 45.0 Å². The minimum atomic E-state index is -1.03. The number of nitrogens with zero attached hydrogens (tertiary/aromatic N) is 2. The van der Waals surface area contributed by atoms with Crippen LogP contribution in [0.15, 0.2) is 30.3 Å². The molecule has 1 saturated heterocycles. The molecule has 126 valence electrons. The zero-order chi connectivity index (χ0) is 17.0. The molecule has 2 rings (SSSR count). The molecule has 0 unspecified atom stereocenters. The smallest absolute Gasteiger partial charge is 0.408 e. The van der Waals surface area contributed by atoms with Crippen molar-refractivity contribution >= 4 is 12.0 Å². The van der Waals surface area contributed by atoms with E-state index in [1.165, 1.54) is 4.90 Å². The van der Waals surface area contributed by atoms with Gasteiger partial charge in [-0.2, -0.15) is 0 Å². The summed E-state index contributed by atoms with van der Waals surface area (Å²) in [4.78, 5) is 27.8. The summed E-state index contributed by atoms with van der Waals surface area (Å²) in [6.07, 6.45) is 1.33. The highest BCUT2D eigenvalue weighted by molar-refractivity contribution is 5.86. The molecule has 0 saturated carbocycles. The molecule has 2 amide bonds. The first-order valence-electron chi connectivity index (χ1n) is 8.15. The van der Waals surface area contributed by atoms with Crippen LogP contribution in [-0.2, 0) is 11.3 Å². The fourth-order valence-corrected chi connectivity index (χ4v) is 3.17. The van der Waals surface area contributed by atoms with Crippen molar-refractivity contribution in [3.63, 3.8) is 0 Å². The molecule has 1 heterocycles. The molecule has 1 aliphatic rings. The van der Waals surface area contributed by atoms with Gasteiger partial charge in [-0.25, -0.2) is 4.79 Å². The number of rotatable bonds is 3. The summed E-state index contributed by atoms with van der Waals surface area (Å²) in [5.41, 5.74) is 0.466. The molecule has 5 nitrogen and oxygen atoms in total. The number of carbonyl (C=O) groups excluding carboxylic acids is 1. The summed E-state index contributed by atoms with van der Waals surface area (Å²) in [6.45, 7) is 6.72. The van der Waals surface area contributed by atoms with Crippen molar-refractivity contribution in [1.29, 1.82) is 0 Å². The van der Waals surface area contributed by atoms with Crippen LogP contribution in [0.3, 0.4) is 0 Å². The van der Waals surface area contributed by atoms with Gasteiger partial charge in [0.2, 0.25) is 5.91 Å². The van der Waals surface area contributed by atoms with Gasteiger partial charge < -0.3 is 10.0 Å². The third-order valence-electron chi connectivity index (χ3n) is 4.21. The molecule has 1 N–H and O–H groups in total. The van der Waals surface area contributed by atoms with Crippen molar-refractivity contribution in [3.05, 3.63) is 35.9 Å². The molecule has 0 aliphatic carbocycles. The molecule has 5 heteroatoms. The highest BCUT2D eigenvalue weighted by Gasteiger charge is 2.39. The highest BCUT2D eigenvalue weighted by atomic mass is 16.4. The summed E-state index contributed by atoms with van der Waals surface area (Å²) in [7, 11) is 0. The van der Waals surface area contributed by atoms with Crippen LogP contribution >= 0.6 is 0 Å². The van der Waals surface area contributed by atoms with E-state index in [4.69, 9.17) is 0 Å². The molecule has 1 aliphatic heterocycles. The minimum Gasteiger partial charge on any atom is -0.465 e. The van der Waals surface area contributed by atoms with Crippen molar-refractivity contribution in [2.24, 2.45) is 0 Å². The van der Waals surface area contributed by atoms with Crippen molar-refractivity contribution in [3.8, 4) is 0 Å². The lowest BCUT2D eigenvalue weighted by molar-refractivity contribution is -0.138. The van der Waals surface area contributed by atoms with Crippen LogP contribution in [0.2, 0.25) is 0 Å². The number of amides is 2. The van der Waals surface area contributed by atoms with Crippen LogP contribution in [0.4, 0.5) is 4.79 Å². The van der Waals surface area contributed by atoms with E-state index in [2.05, 4.69) is 0 Å². The SMILES string of the molecule is CC(C)(C)N(C(=O)O)[C@H]1CCCCN(Cc2ccccc2)C1=O. The van der Waals surface area contributed by atoms with E-state index in [1.54, 1.807) is 4.90 Å². The Kier molecular flexibility index (Phi) is 5.29. The Labute approximate surface area is 137 Å². The Morgan fingerprint density at radius 1 is 1.26 bits per heavy atom. The largest absolute Gasteiger partial charge is 0.465 e. The summed E-state index contributed by atoms with van der Waals surface area (Å²) < 4.78 is 0. The Morgan fingerprint density at radius 3 is 2.48 bits per heavy atom. The van der Waals surface area contributed by atoms with Gasteiger partial charge in [0.1, 0.15) is 6.04 Å². The molecule has 1 aromatic carbocycles. The van der Waals surface area contributed by atoms with E-state index < -0.39 is 17.7 Å². The Hall–Kier alpha value is -2.04. The predicted molar refractivity (Wildman–Crippen MR) is 89.1 cm³/mol. The third-order valence-corrected chi connectivity index (χ3v) is 4.21. The molecule has 1 fully saturated rings. The lowest BCUT2D eigenvalue weighted by Crippen LogP contribution is -2.56. The van der Waals surface area contributed by atoms with E-state index in [0.29, 0.717) is 19.5 Å². The number of carboxylic acid groups (broad SMARTS) is 1. The third kappa shape index (κ3) is 4.24. The average molecular weight is 318 g/mol. The van der Waals surface area contributed by atoms with Crippen LogP contribution < -0.4 is 0 Å². The molecule has 1 aromatic rings. The molecule has 23 heavy (non-hydrogen) atoms. The number of hydrogen-bond acceptors (Lipinski definition) is 2. The quantitative estimate of drug-likeness (QED) is 0.929. The van der Waals surface area contributed by atoms with Crippen LogP contribution in [0.5, 0.6) is 0 Å². The topological polar surface area (TPSA) is 60.9 Å². The molecule has 0 aromatic heterocycles. The first-order valence-corrected chi connectivity index (χ1v) is 8.15. The number of likely N-dealkylation sites (tertiary alicyclic amines) is 1. The Bertz CT molecular complexity index is 551. The van der Waals surface area contributed by atoms with Gasteiger partial charge in [0.05, 0.1) is 0 Å². The fraction of sp³-hybridized carbons (Fsp3) is 0.556. The zero-order valence-electron chi connectivity index (χ0n) is 14.2. The molecule has 0 spiro atoms. The number of carbonyl (C=O) groups is 2. The molecule has 0 bridgehead atoms. The molecule has 0 radical (unpaired) electrons. The van der Waals surface area contributed by atoms with E-state index in [-0.39, 0.29) is 5.91 Å². The second-order valence-electron chi connectivity index (χ2n) is 7.08. The number of benzene rings is 1. The zero-order valence-corrected chi connectivity index (χ0v) is 14.2. The first-order chi connectivity index (χ1) is 10.8. The fourth-order valence-electron chi connectivity index (χ4n) is 3.17.